The predicted octanol–water partition coefficient (Wildman–Crippen LogP) is 13.2. The normalized spacial score (nSPS) is 12.4. The Labute approximate surface area is 335 Å². The summed E-state index contributed by atoms with van der Waals surface area (Å²) in [6.07, 6.45) is 9.15. The summed E-state index contributed by atoms with van der Waals surface area (Å²) in [5.41, 5.74) is 5.13. The molecule has 2 aromatic heterocycles. The number of nitrogens with zero attached hydrogens (tertiary/aromatic N) is 2. The first-order valence-electron chi connectivity index (χ1n) is 18.2. The second-order valence-corrected chi connectivity index (χ2v) is 17.6. The molecule has 0 saturated carbocycles. The van der Waals surface area contributed by atoms with E-state index in [1.165, 1.54) is 27.5 Å². The van der Waals surface area contributed by atoms with Crippen molar-refractivity contribution in [3.05, 3.63) is 82.7 Å². The van der Waals surface area contributed by atoms with Gasteiger partial charge < -0.3 is 10.2 Å². The van der Waals surface area contributed by atoms with Gasteiger partial charge >= 0.3 is 0 Å². The van der Waals surface area contributed by atoms with Crippen LogP contribution in [0.25, 0.3) is 32.5 Å². The van der Waals surface area contributed by atoms with E-state index in [1.54, 1.807) is 35.5 Å². The van der Waals surface area contributed by atoms with E-state index in [1.807, 2.05) is 65.3 Å². The molecule has 52 heavy (non-hydrogen) atoms. The Morgan fingerprint density at radius 3 is 2.19 bits per heavy atom. The fourth-order valence-electron chi connectivity index (χ4n) is 5.95. The first-order chi connectivity index (χ1) is 23.9. The number of phenolic OH excluding ortho intramolecular Hbond substituents is 1. The number of thiophene rings is 1. The molecule has 285 valence electrons. The molecule has 0 fully saturated rings. The number of hydrogen-bond acceptors (Lipinski definition) is 7. The number of allylic oxidation sites excluding steroid dienone is 2. The minimum atomic E-state index is -0.337. The van der Waals surface area contributed by atoms with E-state index < -0.39 is 0 Å². The molecule has 1 radical (unpaired) electrons. The van der Waals surface area contributed by atoms with Crippen molar-refractivity contribution in [2.45, 2.75) is 125 Å². The monoisotopic (exact) mass is 920 g/mol. The van der Waals surface area contributed by atoms with Gasteiger partial charge in [0.25, 0.3) is 0 Å². The number of aryl methyl sites for hydroxylation is 1. The van der Waals surface area contributed by atoms with Gasteiger partial charge in [0.2, 0.25) is 0 Å². The number of phenols is 1. The molecule has 2 N–H and O–H groups in total. The summed E-state index contributed by atoms with van der Waals surface area (Å²) < 4.78 is 1.08. The van der Waals surface area contributed by atoms with Crippen LogP contribution in [0.5, 0.6) is 5.75 Å². The Balaban J connectivity index is 0.000000444. The molecule has 4 rings (SSSR count). The van der Waals surface area contributed by atoms with Gasteiger partial charge in [0.05, 0.1) is 0 Å². The zero-order valence-corrected chi connectivity index (χ0v) is 37.3. The largest absolute Gasteiger partial charge is 0.512 e. The number of thioether (sulfide) groups is 1. The summed E-state index contributed by atoms with van der Waals surface area (Å²) in [4.78, 5) is 23.7. The zero-order chi connectivity index (χ0) is 38.3. The quantitative estimate of drug-likeness (QED) is 0.0602. The Kier molecular flexibility index (Phi) is 16.6. The molecular weight excluding hydrogens is 861 g/mol. The van der Waals surface area contributed by atoms with Gasteiger partial charge in [-0.05, 0) is 90.1 Å². The molecule has 0 aliphatic rings. The van der Waals surface area contributed by atoms with Crippen LogP contribution in [0.15, 0.2) is 65.5 Å². The van der Waals surface area contributed by atoms with E-state index in [0.717, 1.165) is 64.1 Å². The zero-order valence-electron chi connectivity index (χ0n) is 33.3. The maximum absolute atomic E-state index is 12.2. The van der Waals surface area contributed by atoms with Gasteiger partial charge in [0.1, 0.15) is 17.8 Å². The summed E-state index contributed by atoms with van der Waals surface area (Å²) in [6, 6.07) is 11.4. The van der Waals surface area contributed by atoms with Crippen LogP contribution < -0.4 is 0 Å². The molecule has 8 heteroatoms. The molecule has 0 aliphatic heterocycles. The third-order valence-electron chi connectivity index (χ3n) is 10.5. The topological polar surface area (TPSA) is 83.3 Å². The number of carbonyl (C=O) groups excluding carboxylic acids is 1. The minimum absolute atomic E-state index is 0. The second kappa shape index (κ2) is 19.0. The Morgan fingerprint density at radius 1 is 1.04 bits per heavy atom. The number of aromatic nitrogens is 2. The number of benzene rings is 2. The van der Waals surface area contributed by atoms with Crippen molar-refractivity contribution in [3.8, 4) is 28.1 Å². The number of ketones is 1. The van der Waals surface area contributed by atoms with Gasteiger partial charge in [-0.2, -0.15) is 11.8 Å². The van der Waals surface area contributed by atoms with Gasteiger partial charge in [-0.25, -0.2) is 4.98 Å². The number of carbonyl (C=O) groups is 1. The summed E-state index contributed by atoms with van der Waals surface area (Å²) in [5.74, 6) is 1.10. The molecule has 5 nitrogen and oxygen atoms in total. The van der Waals surface area contributed by atoms with Crippen LogP contribution >= 0.6 is 23.1 Å². The SMILES string of the molecule is C=CSc1c[c-]c(-c2ncncc2-c2c(O)ccc3c(C)c(CC(C)C)sc23)cc1C(C)(C)C.CCC(C)(CC)C(=O)/C=C(\O)C(C)(CC)CC.[Ir]. The van der Waals surface area contributed by atoms with Gasteiger partial charge in [-0.1, -0.05) is 87.6 Å². The molecule has 0 unspecified atom stereocenters. The van der Waals surface area contributed by atoms with E-state index in [4.69, 9.17) is 0 Å². The summed E-state index contributed by atoms with van der Waals surface area (Å²) in [6.45, 7) is 29.2. The summed E-state index contributed by atoms with van der Waals surface area (Å²) in [7, 11) is 0. The Bertz CT molecular complexity index is 1860. The van der Waals surface area contributed by atoms with Crippen LogP contribution in [-0.2, 0) is 36.7 Å². The third-order valence-corrected chi connectivity index (χ3v) is 12.7. The molecule has 2 heterocycles. The molecule has 0 amide bonds. The smallest absolute Gasteiger partial charge is 0.164 e. The van der Waals surface area contributed by atoms with Gasteiger partial charge in [0, 0.05) is 58.3 Å². The standard InChI is InChI=1S/C29H31N2OS2.C15H28O2.Ir/c1-8-33-24-12-9-19(14-22(24)29(5,6)7)27-21(15-30-16-31-27)26-23(32)11-10-20-18(4)25(13-17(2)3)34-28(20)26;1-7-14(5,8-2)12(16)11-13(17)15(6,9-3)10-4;/h8,10-12,14-17,32H,1,13H2,2-7H3;11,16H,7-10H2,1-6H3;/q-1;;/b;12-11-;. The van der Waals surface area contributed by atoms with Crippen LogP contribution in [0.3, 0.4) is 0 Å². The molecular formula is C44H59IrN2O3S2-. The Hall–Kier alpha value is -2.77. The average molecular weight is 920 g/mol. The van der Waals surface area contributed by atoms with Crippen molar-refractivity contribution >= 4 is 39.0 Å². The molecule has 0 aliphatic carbocycles. The van der Waals surface area contributed by atoms with Crippen molar-refractivity contribution < 1.29 is 35.1 Å². The van der Waals surface area contributed by atoms with Crippen molar-refractivity contribution in [1.29, 1.82) is 0 Å². The van der Waals surface area contributed by atoms with E-state index >= 15 is 0 Å². The summed E-state index contributed by atoms with van der Waals surface area (Å²) in [5, 5.41) is 24.2. The van der Waals surface area contributed by atoms with Crippen LogP contribution in [0, 0.1) is 29.7 Å². The molecule has 0 bridgehead atoms. The fraction of sp³-hybridized carbons (Fsp3) is 0.477. The van der Waals surface area contributed by atoms with Gasteiger partial charge in [-0.15, -0.1) is 40.7 Å². The molecule has 0 spiro atoms. The van der Waals surface area contributed by atoms with Gasteiger partial charge in [0.15, 0.2) is 5.78 Å². The minimum Gasteiger partial charge on any atom is -0.512 e. The predicted molar refractivity (Wildman–Crippen MR) is 220 cm³/mol. The number of aliphatic hydroxyl groups is 1. The van der Waals surface area contributed by atoms with Crippen molar-refractivity contribution in [2.24, 2.45) is 16.7 Å². The fourth-order valence-corrected chi connectivity index (χ4v) is 8.32. The van der Waals surface area contributed by atoms with Crippen molar-refractivity contribution in [3.63, 3.8) is 0 Å². The van der Waals surface area contributed by atoms with E-state index in [-0.39, 0.29) is 53.6 Å². The Morgan fingerprint density at radius 2 is 1.65 bits per heavy atom. The number of aromatic hydroxyl groups is 1. The first kappa shape index (κ1) is 45.4. The second-order valence-electron chi connectivity index (χ2n) is 15.5. The van der Waals surface area contributed by atoms with E-state index in [9.17, 15) is 15.0 Å². The number of fused-ring (bicyclic) bond motifs is 1. The molecule has 0 saturated heterocycles. The third kappa shape index (κ3) is 10.3. The van der Waals surface area contributed by atoms with Crippen LogP contribution in [-0.4, -0.2) is 26.0 Å². The summed E-state index contributed by atoms with van der Waals surface area (Å²) >= 11 is 3.38. The number of aliphatic hydroxyl groups excluding tert-OH is 1. The van der Waals surface area contributed by atoms with E-state index in [2.05, 4.69) is 70.2 Å². The van der Waals surface area contributed by atoms with Crippen molar-refractivity contribution in [2.75, 3.05) is 0 Å². The molecule has 2 aromatic carbocycles. The van der Waals surface area contributed by atoms with Crippen LogP contribution in [0.4, 0.5) is 0 Å². The van der Waals surface area contributed by atoms with Crippen LogP contribution in [0.1, 0.15) is 118 Å². The number of rotatable bonds is 13. The molecule has 4 aromatic rings. The van der Waals surface area contributed by atoms with Crippen molar-refractivity contribution in [1.82, 2.24) is 9.97 Å². The number of hydrogen-bond donors (Lipinski definition) is 2. The maximum atomic E-state index is 12.2. The van der Waals surface area contributed by atoms with Gasteiger partial charge in [-0.3, -0.25) is 9.78 Å². The maximum Gasteiger partial charge on any atom is 0.164 e. The average Bonchev–Trinajstić information content (AvgIpc) is 3.41. The first-order valence-corrected chi connectivity index (χ1v) is 19.9. The van der Waals surface area contributed by atoms with Crippen LogP contribution in [0.2, 0.25) is 0 Å². The van der Waals surface area contributed by atoms with E-state index in [0.29, 0.717) is 5.92 Å². The molecule has 0 atom stereocenters.